The fourth-order valence-corrected chi connectivity index (χ4v) is 4.08. The van der Waals surface area contributed by atoms with Crippen molar-refractivity contribution < 1.29 is 4.79 Å². The first-order chi connectivity index (χ1) is 12.3. The fourth-order valence-electron chi connectivity index (χ4n) is 4.08. The van der Waals surface area contributed by atoms with Gasteiger partial charge in [0.1, 0.15) is 12.7 Å². The Balaban J connectivity index is 1.29. The number of aromatic nitrogens is 3. The standard InChI is InChI=1S/C19H25N5O/c25-19(24-11-7-17-5-1-2-6-18(17)24)8-10-22-9-3-4-16(12-22)13-23-15-20-14-21-23/h1-2,5-6,14-16H,3-4,7-13H2/t16-/m0/s1. The Morgan fingerprint density at radius 1 is 1.24 bits per heavy atom. The average Bonchev–Trinajstić information content (AvgIpc) is 3.29. The molecule has 132 valence electrons. The van der Waals surface area contributed by atoms with E-state index in [1.807, 2.05) is 15.6 Å². The Morgan fingerprint density at radius 2 is 2.16 bits per heavy atom. The van der Waals surface area contributed by atoms with Crippen LogP contribution < -0.4 is 4.90 Å². The Bertz CT molecular complexity index is 714. The van der Waals surface area contributed by atoms with E-state index in [0.717, 1.165) is 44.8 Å². The number of piperidine rings is 1. The molecule has 1 atom stereocenters. The summed E-state index contributed by atoms with van der Waals surface area (Å²) in [7, 11) is 0. The van der Waals surface area contributed by atoms with Gasteiger partial charge in [-0.25, -0.2) is 4.98 Å². The van der Waals surface area contributed by atoms with E-state index in [2.05, 4.69) is 33.2 Å². The number of amides is 1. The van der Waals surface area contributed by atoms with Crippen molar-refractivity contribution in [3.05, 3.63) is 42.5 Å². The number of carbonyl (C=O) groups excluding carboxylic acids is 1. The van der Waals surface area contributed by atoms with Gasteiger partial charge in [0.25, 0.3) is 0 Å². The lowest BCUT2D eigenvalue weighted by Gasteiger charge is -2.32. The van der Waals surface area contributed by atoms with Gasteiger partial charge in [0.05, 0.1) is 0 Å². The summed E-state index contributed by atoms with van der Waals surface area (Å²) in [4.78, 5) is 21.1. The van der Waals surface area contributed by atoms with Crippen LogP contribution >= 0.6 is 0 Å². The van der Waals surface area contributed by atoms with Crippen LogP contribution in [-0.2, 0) is 17.8 Å². The highest BCUT2D eigenvalue weighted by molar-refractivity contribution is 5.95. The van der Waals surface area contributed by atoms with Crippen molar-refractivity contribution in [2.45, 2.75) is 32.2 Å². The fraction of sp³-hybridized carbons (Fsp3) is 0.526. The van der Waals surface area contributed by atoms with Gasteiger partial charge < -0.3 is 9.80 Å². The Labute approximate surface area is 148 Å². The minimum atomic E-state index is 0.253. The van der Waals surface area contributed by atoms with E-state index < -0.39 is 0 Å². The predicted molar refractivity (Wildman–Crippen MR) is 96.3 cm³/mol. The number of benzene rings is 1. The summed E-state index contributed by atoms with van der Waals surface area (Å²) in [6.45, 7) is 4.74. The number of hydrogen-bond donors (Lipinski definition) is 0. The molecule has 1 amide bonds. The molecule has 4 rings (SSSR count). The molecule has 1 aromatic carbocycles. The van der Waals surface area contributed by atoms with Crippen LogP contribution in [0.4, 0.5) is 5.69 Å². The first-order valence-electron chi connectivity index (χ1n) is 9.22. The van der Waals surface area contributed by atoms with Crippen LogP contribution in [0.5, 0.6) is 0 Å². The molecule has 2 aliphatic rings. The summed E-state index contributed by atoms with van der Waals surface area (Å²) in [6, 6.07) is 8.26. The highest BCUT2D eigenvalue weighted by atomic mass is 16.2. The normalized spacial score (nSPS) is 20.6. The van der Waals surface area contributed by atoms with Gasteiger partial charge in [0.15, 0.2) is 0 Å². The van der Waals surface area contributed by atoms with Crippen LogP contribution in [0.15, 0.2) is 36.9 Å². The third-order valence-corrected chi connectivity index (χ3v) is 5.35. The molecule has 1 fully saturated rings. The van der Waals surface area contributed by atoms with Crippen LogP contribution in [0.1, 0.15) is 24.8 Å². The Morgan fingerprint density at radius 3 is 3.04 bits per heavy atom. The van der Waals surface area contributed by atoms with Crippen molar-refractivity contribution in [2.24, 2.45) is 5.92 Å². The molecular weight excluding hydrogens is 314 g/mol. The van der Waals surface area contributed by atoms with Crippen molar-refractivity contribution in [1.82, 2.24) is 19.7 Å². The van der Waals surface area contributed by atoms with Crippen LogP contribution in [0.2, 0.25) is 0 Å². The van der Waals surface area contributed by atoms with Crippen molar-refractivity contribution in [3.8, 4) is 0 Å². The minimum absolute atomic E-state index is 0.253. The summed E-state index contributed by atoms with van der Waals surface area (Å²) in [6.07, 6.45) is 7.38. The molecule has 2 aromatic rings. The SMILES string of the molecule is O=C(CCN1CCC[C@H](Cn2cncn2)C1)N1CCc2ccccc21. The summed E-state index contributed by atoms with van der Waals surface area (Å²) in [5, 5.41) is 4.21. The lowest BCUT2D eigenvalue weighted by molar-refractivity contribution is -0.118. The van der Waals surface area contributed by atoms with Crippen LogP contribution in [0.25, 0.3) is 0 Å². The second kappa shape index (κ2) is 7.35. The van der Waals surface area contributed by atoms with Crippen LogP contribution in [0, 0.1) is 5.92 Å². The van der Waals surface area contributed by atoms with Crippen LogP contribution in [0.3, 0.4) is 0 Å². The lowest BCUT2D eigenvalue weighted by atomic mass is 9.98. The molecule has 6 heteroatoms. The molecule has 0 unspecified atom stereocenters. The third kappa shape index (κ3) is 3.74. The van der Waals surface area contributed by atoms with E-state index in [1.54, 1.807) is 12.7 Å². The average molecular weight is 339 g/mol. The molecule has 0 spiro atoms. The van der Waals surface area contributed by atoms with Gasteiger partial charge in [-0.1, -0.05) is 18.2 Å². The number of hydrogen-bond acceptors (Lipinski definition) is 4. The molecule has 1 saturated heterocycles. The number of anilines is 1. The Kier molecular flexibility index (Phi) is 4.78. The maximum atomic E-state index is 12.7. The van der Waals surface area contributed by atoms with Gasteiger partial charge in [-0.05, 0) is 43.4 Å². The largest absolute Gasteiger partial charge is 0.312 e. The van der Waals surface area contributed by atoms with Gasteiger partial charge in [-0.2, -0.15) is 5.10 Å². The summed E-state index contributed by atoms with van der Waals surface area (Å²) < 4.78 is 1.92. The Hall–Kier alpha value is -2.21. The van der Waals surface area contributed by atoms with E-state index in [9.17, 15) is 4.79 Å². The lowest BCUT2D eigenvalue weighted by Crippen LogP contribution is -2.40. The molecule has 0 N–H and O–H groups in total. The zero-order valence-electron chi connectivity index (χ0n) is 14.5. The number of rotatable bonds is 5. The number of nitrogens with zero attached hydrogens (tertiary/aromatic N) is 5. The maximum Gasteiger partial charge on any atom is 0.228 e. The molecule has 1 aromatic heterocycles. The molecular formula is C19H25N5O. The topological polar surface area (TPSA) is 54.3 Å². The number of carbonyl (C=O) groups is 1. The highest BCUT2D eigenvalue weighted by Crippen LogP contribution is 2.28. The second-order valence-corrected chi connectivity index (χ2v) is 7.10. The molecule has 0 bridgehead atoms. The van der Waals surface area contributed by atoms with E-state index in [4.69, 9.17) is 0 Å². The van der Waals surface area contributed by atoms with Crippen molar-refractivity contribution in [2.75, 3.05) is 31.1 Å². The zero-order chi connectivity index (χ0) is 17.1. The number of likely N-dealkylation sites (tertiary alicyclic amines) is 1. The number of para-hydroxylation sites is 1. The van der Waals surface area contributed by atoms with Gasteiger partial charge in [0.2, 0.25) is 5.91 Å². The first kappa shape index (κ1) is 16.3. The first-order valence-corrected chi connectivity index (χ1v) is 9.22. The smallest absolute Gasteiger partial charge is 0.228 e. The molecule has 3 heterocycles. The van der Waals surface area contributed by atoms with Crippen LogP contribution in [-0.4, -0.2) is 51.8 Å². The quantitative estimate of drug-likeness (QED) is 0.836. The molecule has 25 heavy (non-hydrogen) atoms. The summed E-state index contributed by atoms with van der Waals surface area (Å²) in [5.74, 6) is 0.849. The summed E-state index contributed by atoms with van der Waals surface area (Å²) in [5.41, 5.74) is 2.40. The summed E-state index contributed by atoms with van der Waals surface area (Å²) >= 11 is 0. The van der Waals surface area contributed by atoms with E-state index in [0.29, 0.717) is 12.3 Å². The van der Waals surface area contributed by atoms with Gasteiger partial charge >= 0.3 is 0 Å². The molecule has 0 aliphatic carbocycles. The van der Waals surface area contributed by atoms with Crippen molar-refractivity contribution >= 4 is 11.6 Å². The molecule has 0 saturated carbocycles. The van der Waals surface area contributed by atoms with E-state index in [1.165, 1.54) is 18.4 Å². The van der Waals surface area contributed by atoms with Gasteiger partial charge in [0, 0.05) is 38.3 Å². The van der Waals surface area contributed by atoms with E-state index >= 15 is 0 Å². The van der Waals surface area contributed by atoms with E-state index in [-0.39, 0.29) is 5.91 Å². The maximum absolute atomic E-state index is 12.7. The van der Waals surface area contributed by atoms with Gasteiger partial charge in [-0.15, -0.1) is 0 Å². The number of fused-ring (bicyclic) bond motifs is 1. The molecule has 2 aliphatic heterocycles. The monoisotopic (exact) mass is 339 g/mol. The predicted octanol–water partition coefficient (Wildman–Crippen LogP) is 1.97. The second-order valence-electron chi connectivity index (χ2n) is 7.10. The van der Waals surface area contributed by atoms with Crippen molar-refractivity contribution in [1.29, 1.82) is 0 Å². The third-order valence-electron chi connectivity index (χ3n) is 5.35. The van der Waals surface area contributed by atoms with Gasteiger partial charge in [-0.3, -0.25) is 9.48 Å². The highest BCUT2D eigenvalue weighted by Gasteiger charge is 2.25. The van der Waals surface area contributed by atoms with Crippen molar-refractivity contribution in [3.63, 3.8) is 0 Å². The molecule has 6 nitrogen and oxygen atoms in total. The minimum Gasteiger partial charge on any atom is -0.312 e. The molecule has 0 radical (unpaired) electrons. The zero-order valence-corrected chi connectivity index (χ0v) is 14.5.